The number of fused-ring (bicyclic) bond motifs is 2. The number of rotatable bonds is 5. The minimum atomic E-state index is 0. The van der Waals surface area contributed by atoms with Crippen molar-refractivity contribution in [1.29, 1.82) is 0 Å². The molecule has 1 aromatic carbocycles. The lowest BCUT2D eigenvalue weighted by Gasteiger charge is -2.25. The van der Waals surface area contributed by atoms with Crippen LogP contribution in [0.1, 0.15) is 37.7 Å². The topological polar surface area (TPSA) is 54.9 Å². The highest BCUT2D eigenvalue weighted by Crippen LogP contribution is 2.50. The Morgan fingerprint density at radius 2 is 2.12 bits per heavy atom. The Hall–Kier alpha value is -1.02. The second-order valence-corrected chi connectivity index (χ2v) is 7.27. The van der Waals surface area contributed by atoms with E-state index in [4.69, 9.17) is 9.47 Å². The van der Waals surface area contributed by atoms with Crippen molar-refractivity contribution in [1.82, 2.24) is 10.6 Å². The second kappa shape index (κ2) is 7.70. The molecule has 2 N–H and O–H groups in total. The average molecular weight is 457 g/mol. The molecular formula is C19H28IN3O2. The zero-order chi connectivity index (χ0) is 16.6. The molecule has 0 aromatic heterocycles. The number of hydrogen-bond acceptors (Lipinski definition) is 3. The molecule has 0 amide bonds. The van der Waals surface area contributed by atoms with E-state index in [1.54, 1.807) is 7.11 Å². The lowest BCUT2D eigenvalue weighted by Crippen LogP contribution is -2.49. The third-order valence-corrected chi connectivity index (χ3v) is 5.78. The number of halogens is 1. The molecule has 0 spiro atoms. The maximum Gasteiger partial charge on any atom is 0.191 e. The van der Waals surface area contributed by atoms with Gasteiger partial charge in [-0.25, -0.2) is 0 Å². The quantitative estimate of drug-likeness (QED) is 0.406. The molecular weight excluding hydrogens is 429 g/mol. The standard InChI is InChI=1S/C19H27N3O2.HI/c1-20-18(22-15-11-13-7-8-17(15)24-13)21-12-19(9-10-19)14-5-3-4-6-16(14)23-2;/h3-6,13,15,17H,7-12H2,1-2H3,(H2,20,21,22);1H. The largest absolute Gasteiger partial charge is 0.496 e. The summed E-state index contributed by atoms with van der Waals surface area (Å²) in [5.74, 6) is 1.87. The number of para-hydroxylation sites is 1. The zero-order valence-corrected chi connectivity index (χ0v) is 17.3. The lowest BCUT2D eigenvalue weighted by molar-refractivity contribution is 0.0992. The van der Waals surface area contributed by atoms with Crippen molar-refractivity contribution >= 4 is 29.9 Å². The molecule has 0 radical (unpaired) electrons. The van der Waals surface area contributed by atoms with Gasteiger partial charge in [-0.15, -0.1) is 24.0 Å². The summed E-state index contributed by atoms with van der Waals surface area (Å²) in [5.41, 5.74) is 1.48. The van der Waals surface area contributed by atoms with Crippen LogP contribution in [0.15, 0.2) is 29.3 Å². The van der Waals surface area contributed by atoms with Gasteiger partial charge in [-0.05, 0) is 38.2 Å². The first-order chi connectivity index (χ1) is 11.7. The number of methoxy groups -OCH3 is 1. The molecule has 1 saturated carbocycles. The number of hydrogen-bond donors (Lipinski definition) is 2. The SMILES string of the molecule is CN=C(NCC1(c2ccccc2OC)CC1)NC1CC2CCC1O2.I. The molecule has 2 aliphatic heterocycles. The van der Waals surface area contributed by atoms with Crippen LogP contribution in [0.5, 0.6) is 5.75 Å². The lowest BCUT2D eigenvalue weighted by atomic mass is 9.94. The van der Waals surface area contributed by atoms with E-state index in [1.807, 2.05) is 13.1 Å². The first kappa shape index (κ1) is 18.8. The first-order valence-electron chi connectivity index (χ1n) is 9.00. The third kappa shape index (κ3) is 3.74. The first-order valence-corrected chi connectivity index (χ1v) is 9.00. The number of aliphatic imine (C=N–C) groups is 1. The Morgan fingerprint density at radius 3 is 2.72 bits per heavy atom. The highest BCUT2D eigenvalue weighted by molar-refractivity contribution is 14.0. The van der Waals surface area contributed by atoms with Crippen LogP contribution >= 0.6 is 24.0 Å². The number of nitrogens with zero attached hydrogens (tertiary/aromatic N) is 1. The van der Waals surface area contributed by atoms with Gasteiger partial charge in [-0.2, -0.15) is 0 Å². The molecule has 4 rings (SSSR count). The summed E-state index contributed by atoms with van der Waals surface area (Å²) in [7, 11) is 3.59. The minimum absolute atomic E-state index is 0. The van der Waals surface area contributed by atoms with E-state index in [-0.39, 0.29) is 29.4 Å². The van der Waals surface area contributed by atoms with Crippen LogP contribution in [0, 0.1) is 0 Å². The Balaban J connectivity index is 0.00000182. The molecule has 1 aromatic rings. The van der Waals surface area contributed by atoms with Crippen molar-refractivity contribution in [3.05, 3.63) is 29.8 Å². The van der Waals surface area contributed by atoms with E-state index in [0.717, 1.165) is 24.7 Å². The number of nitrogens with one attached hydrogen (secondary N) is 2. The zero-order valence-electron chi connectivity index (χ0n) is 15.0. The Kier molecular flexibility index (Phi) is 5.78. The van der Waals surface area contributed by atoms with Gasteiger partial charge < -0.3 is 20.1 Å². The molecule has 25 heavy (non-hydrogen) atoms. The fourth-order valence-corrected chi connectivity index (χ4v) is 4.19. The Labute approximate surface area is 167 Å². The summed E-state index contributed by atoms with van der Waals surface area (Å²) in [6, 6.07) is 8.76. The molecule has 5 nitrogen and oxygen atoms in total. The van der Waals surface area contributed by atoms with Gasteiger partial charge in [0.15, 0.2) is 5.96 Å². The van der Waals surface area contributed by atoms with Crippen molar-refractivity contribution in [2.24, 2.45) is 4.99 Å². The van der Waals surface area contributed by atoms with Crippen LogP contribution in [0.2, 0.25) is 0 Å². The molecule has 3 unspecified atom stereocenters. The third-order valence-electron chi connectivity index (χ3n) is 5.78. The predicted molar refractivity (Wildman–Crippen MR) is 110 cm³/mol. The predicted octanol–water partition coefficient (Wildman–Crippen LogP) is 2.83. The maximum atomic E-state index is 5.93. The summed E-state index contributed by atoms with van der Waals surface area (Å²) < 4.78 is 11.5. The van der Waals surface area contributed by atoms with Gasteiger partial charge in [0.2, 0.25) is 0 Å². The van der Waals surface area contributed by atoms with Crippen molar-refractivity contribution in [3.63, 3.8) is 0 Å². The molecule has 3 aliphatic rings. The van der Waals surface area contributed by atoms with E-state index in [9.17, 15) is 0 Å². The van der Waals surface area contributed by atoms with Crippen molar-refractivity contribution in [2.75, 3.05) is 20.7 Å². The Morgan fingerprint density at radius 1 is 1.32 bits per heavy atom. The smallest absolute Gasteiger partial charge is 0.191 e. The van der Waals surface area contributed by atoms with Gasteiger partial charge in [0.05, 0.1) is 25.4 Å². The minimum Gasteiger partial charge on any atom is -0.496 e. The van der Waals surface area contributed by atoms with E-state index in [0.29, 0.717) is 18.2 Å². The molecule has 1 aliphatic carbocycles. The van der Waals surface area contributed by atoms with Gasteiger partial charge in [-0.3, -0.25) is 4.99 Å². The van der Waals surface area contributed by atoms with Gasteiger partial charge in [0.25, 0.3) is 0 Å². The summed E-state index contributed by atoms with van der Waals surface area (Å²) >= 11 is 0. The number of guanidine groups is 1. The molecule has 138 valence electrons. The van der Waals surface area contributed by atoms with Gasteiger partial charge in [0.1, 0.15) is 5.75 Å². The summed E-state index contributed by atoms with van der Waals surface area (Å²) in [4.78, 5) is 4.41. The van der Waals surface area contributed by atoms with E-state index in [2.05, 4.69) is 33.8 Å². The molecule has 2 heterocycles. The highest BCUT2D eigenvalue weighted by Gasteiger charge is 2.46. The molecule has 3 fully saturated rings. The Bertz CT molecular complexity index is 633. The average Bonchev–Trinajstić information content (AvgIpc) is 3.12. The van der Waals surface area contributed by atoms with Gasteiger partial charge in [-0.1, -0.05) is 18.2 Å². The molecule has 2 saturated heterocycles. The van der Waals surface area contributed by atoms with Crippen LogP contribution in [0.4, 0.5) is 0 Å². The molecule has 6 heteroatoms. The molecule has 3 atom stereocenters. The maximum absolute atomic E-state index is 5.93. The van der Waals surface area contributed by atoms with Gasteiger partial charge in [0, 0.05) is 24.6 Å². The van der Waals surface area contributed by atoms with E-state index < -0.39 is 0 Å². The van der Waals surface area contributed by atoms with Crippen molar-refractivity contribution in [2.45, 2.75) is 55.8 Å². The fourth-order valence-electron chi connectivity index (χ4n) is 4.19. The van der Waals surface area contributed by atoms with Crippen LogP contribution in [-0.2, 0) is 10.2 Å². The fraction of sp³-hybridized carbons (Fsp3) is 0.632. The van der Waals surface area contributed by atoms with E-state index in [1.165, 1.54) is 31.2 Å². The van der Waals surface area contributed by atoms with Crippen LogP contribution in [0.3, 0.4) is 0 Å². The van der Waals surface area contributed by atoms with Crippen molar-refractivity contribution in [3.8, 4) is 5.75 Å². The van der Waals surface area contributed by atoms with E-state index >= 15 is 0 Å². The summed E-state index contributed by atoms with van der Waals surface area (Å²) in [6.07, 6.45) is 6.68. The highest BCUT2D eigenvalue weighted by atomic mass is 127. The molecule has 2 bridgehead atoms. The van der Waals surface area contributed by atoms with Crippen molar-refractivity contribution < 1.29 is 9.47 Å². The van der Waals surface area contributed by atoms with Crippen LogP contribution in [-0.4, -0.2) is 44.9 Å². The van der Waals surface area contributed by atoms with Gasteiger partial charge >= 0.3 is 0 Å². The van der Waals surface area contributed by atoms with Crippen LogP contribution in [0.25, 0.3) is 0 Å². The summed E-state index contributed by atoms with van der Waals surface area (Å²) in [6.45, 7) is 0.884. The normalized spacial score (nSPS) is 29.0. The second-order valence-electron chi connectivity index (χ2n) is 7.27. The summed E-state index contributed by atoms with van der Waals surface area (Å²) in [5, 5.41) is 7.10. The van der Waals surface area contributed by atoms with Crippen LogP contribution < -0.4 is 15.4 Å². The number of benzene rings is 1. The monoisotopic (exact) mass is 457 g/mol. The number of ether oxygens (including phenoxy) is 2.